The molecular weight excluding hydrogens is 294 g/mol. The lowest BCUT2D eigenvalue weighted by atomic mass is 10.1. The normalized spacial score (nSPS) is 13.1. The second-order valence-electron chi connectivity index (χ2n) is 6.20. The Labute approximate surface area is 142 Å². The summed E-state index contributed by atoms with van der Waals surface area (Å²) in [7, 11) is 0. The van der Waals surface area contributed by atoms with Gasteiger partial charge >= 0.3 is 5.97 Å². The topological polar surface area (TPSA) is 89.8 Å². The molecule has 0 radical (unpaired) electrons. The van der Waals surface area contributed by atoms with E-state index in [4.69, 9.17) is 15.3 Å². The van der Waals surface area contributed by atoms with Crippen molar-refractivity contribution in [3.05, 3.63) is 0 Å². The Morgan fingerprint density at radius 3 is 1.39 bits per heavy atom. The van der Waals surface area contributed by atoms with Gasteiger partial charge in [-0.3, -0.25) is 10.1 Å². The van der Waals surface area contributed by atoms with E-state index in [1.165, 1.54) is 57.8 Å². The van der Waals surface area contributed by atoms with Crippen LogP contribution < -0.4 is 5.32 Å². The first kappa shape index (κ1) is 24.6. The maximum absolute atomic E-state index is 10.3. The molecule has 0 spiro atoms. The SMILES string of the molecule is CC(O)NC(C)O.CCCCCCCCCCCCCC(=O)O. The second kappa shape index (κ2) is 19.4. The third kappa shape index (κ3) is 29.9. The lowest BCUT2D eigenvalue weighted by molar-refractivity contribution is -0.137. The molecule has 0 aromatic rings. The predicted octanol–water partition coefficient (Wildman–Crippen LogP) is 4.02. The summed E-state index contributed by atoms with van der Waals surface area (Å²) in [5.74, 6) is -0.657. The molecule has 5 heteroatoms. The van der Waals surface area contributed by atoms with Gasteiger partial charge in [-0.1, -0.05) is 71.1 Å². The molecule has 0 saturated carbocycles. The molecule has 140 valence electrons. The van der Waals surface area contributed by atoms with Gasteiger partial charge in [-0.2, -0.15) is 0 Å². The van der Waals surface area contributed by atoms with E-state index in [0.29, 0.717) is 6.42 Å². The highest BCUT2D eigenvalue weighted by Crippen LogP contribution is 2.11. The Bertz CT molecular complexity index is 239. The summed E-state index contributed by atoms with van der Waals surface area (Å²) in [5.41, 5.74) is 0. The lowest BCUT2D eigenvalue weighted by Crippen LogP contribution is -2.33. The highest BCUT2D eigenvalue weighted by Gasteiger charge is 1.97. The highest BCUT2D eigenvalue weighted by molar-refractivity contribution is 5.66. The van der Waals surface area contributed by atoms with E-state index in [2.05, 4.69) is 12.2 Å². The molecule has 4 N–H and O–H groups in total. The van der Waals surface area contributed by atoms with Gasteiger partial charge in [0.25, 0.3) is 0 Å². The van der Waals surface area contributed by atoms with Crippen LogP contribution in [0.3, 0.4) is 0 Å². The van der Waals surface area contributed by atoms with Crippen molar-refractivity contribution in [1.29, 1.82) is 0 Å². The molecule has 0 aliphatic heterocycles. The van der Waals surface area contributed by atoms with Crippen molar-refractivity contribution in [3.63, 3.8) is 0 Å². The Morgan fingerprint density at radius 2 is 1.13 bits per heavy atom. The van der Waals surface area contributed by atoms with Gasteiger partial charge in [0.2, 0.25) is 0 Å². The number of hydrogen-bond acceptors (Lipinski definition) is 4. The van der Waals surface area contributed by atoms with Gasteiger partial charge in [0, 0.05) is 6.42 Å². The first-order valence-electron chi connectivity index (χ1n) is 9.24. The minimum atomic E-state index is -0.657. The number of hydrogen-bond donors (Lipinski definition) is 4. The fraction of sp³-hybridized carbons (Fsp3) is 0.944. The van der Waals surface area contributed by atoms with Gasteiger partial charge in [-0.05, 0) is 20.3 Å². The Balaban J connectivity index is 0. The van der Waals surface area contributed by atoms with Crippen LogP contribution in [-0.4, -0.2) is 33.7 Å². The van der Waals surface area contributed by atoms with E-state index >= 15 is 0 Å². The molecule has 2 atom stereocenters. The number of aliphatic hydroxyl groups is 2. The molecule has 0 bridgehead atoms. The van der Waals surface area contributed by atoms with Crippen LogP contribution in [0.5, 0.6) is 0 Å². The third-order valence-electron chi connectivity index (χ3n) is 3.48. The Morgan fingerprint density at radius 1 is 0.783 bits per heavy atom. The van der Waals surface area contributed by atoms with Crippen molar-refractivity contribution >= 4 is 5.97 Å². The average molecular weight is 334 g/mol. The first-order chi connectivity index (χ1) is 10.9. The molecule has 0 amide bonds. The summed E-state index contributed by atoms with van der Waals surface area (Å²) in [6, 6.07) is 0. The number of aliphatic carboxylic acids is 1. The van der Waals surface area contributed by atoms with Crippen molar-refractivity contribution in [2.75, 3.05) is 0 Å². The molecular formula is C18H39NO4. The molecule has 23 heavy (non-hydrogen) atoms. The van der Waals surface area contributed by atoms with E-state index in [1.807, 2.05) is 0 Å². The molecule has 5 nitrogen and oxygen atoms in total. The fourth-order valence-corrected chi connectivity index (χ4v) is 2.29. The fourth-order valence-electron chi connectivity index (χ4n) is 2.29. The Hall–Kier alpha value is -0.650. The van der Waals surface area contributed by atoms with Crippen molar-refractivity contribution in [2.24, 2.45) is 0 Å². The minimum Gasteiger partial charge on any atom is -0.481 e. The number of nitrogens with one attached hydrogen (secondary N) is 1. The molecule has 0 fully saturated rings. The number of carboxylic acids is 1. The van der Waals surface area contributed by atoms with Crippen LogP contribution >= 0.6 is 0 Å². The first-order valence-corrected chi connectivity index (χ1v) is 9.24. The minimum absolute atomic E-state index is 0.344. The monoisotopic (exact) mass is 333 g/mol. The number of carboxylic acid groups (broad SMARTS) is 1. The molecule has 0 heterocycles. The molecule has 0 aromatic carbocycles. The molecule has 2 unspecified atom stereocenters. The van der Waals surface area contributed by atoms with Crippen molar-refractivity contribution in [2.45, 2.75) is 110 Å². The number of unbranched alkanes of at least 4 members (excludes halogenated alkanes) is 10. The van der Waals surface area contributed by atoms with Crippen LogP contribution in [0.4, 0.5) is 0 Å². The number of aliphatic hydroxyl groups excluding tert-OH is 2. The van der Waals surface area contributed by atoms with Gasteiger partial charge in [0.15, 0.2) is 0 Å². The molecule has 0 rings (SSSR count). The highest BCUT2D eigenvalue weighted by atomic mass is 16.4. The zero-order chi connectivity index (χ0) is 17.9. The molecule has 0 saturated heterocycles. The molecule has 0 aromatic heterocycles. The van der Waals surface area contributed by atoms with Gasteiger partial charge in [-0.25, -0.2) is 0 Å². The molecule has 0 aliphatic rings. The molecule has 0 aliphatic carbocycles. The van der Waals surface area contributed by atoms with Crippen molar-refractivity contribution in [3.8, 4) is 0 Å². The average Bonchev–Trinajstić information content (AvgIpc) is 2.43. The van der Waals surface area contributed by atoms with Gasteiger partial charge < -0.3 is 15.3 Å². The summed E-state index contributed by atoms with van der Waals surface area (Å²) < 4.78 is 0. The van der Waals surface area contributed by atoms with Crippen LogP contribution in [0, 0.1) is 0 Å². The smallest absolute Gasteiger partial charge is 0.303 e. The second-order valence-corrected chi connectivity index (χ2v) is 6.20. The quantitative estimate of drug-likeness (QED) is 0.285. The van der Waals surface area contributed by atoms with E-state index < -0.39 is 18.4 Å². The van der Waals surface area contributed by atoms with Crippen LogP contribution in [-0.2, 0) is 4.79 Å². The zero-order valence-corrected chi connectivity index (χ0v) is 15.4. The van der Waals surface area contributed by atoms with Crippen LogP contribution in [0.15, 0.2) is 0 Å². The summed E-state index contributed by atoms with van der Waals surface area (Å²) in [6.07, 6.45) is 13.1. The summed E-state index contributed by atoms with van der Waals surface area (Å²) >= 11 is 0. The predicted molar refractivity (Wildman–Crippen MR) is 95.2 cm³/mol. The van der Waals surface area contributed by atoms with Gasteiger partial charge in [0.05, 0.1) is 0 Å². The van der Waals surface area contributed by atoms with E-state index in [0.717, 1.165) is 12.8 Å². The van der Waals surface area contributed by atoms with Crippen molar-refractivity contribution in [1.82, 2.24) is 5.32 Å². The third-order valence-corrected chi connectivity index (χ3v) is 3.48. The Kier molecular flexibility index (Phi) is 20.7. The van der Waals surface area contributed by atoms with Crippen molar-refractivity contribution < 1.29 is 20.1 Å². The summed E-state index contributed by atoms with van der Waals surface area (Å²) in [6.45, 7) is 5.34. The van der Waals surface area contributed by atoms with E-state index in [9.17, 15) is 4.79 Å². The summed E-state index contributed by atoms with van der Waals surface area (Å²) in [4.78, 5) is 10.3. The van der Waals surface area contributed by atoms with E-state index in [-0.39, 0.29) is 0 Å². The maximum atomic E-state index is 10.3. The number of carbonyl (C=O) groups is 1. The largest absolute Gasteiger partial charge is 0.481 e. The van der Waals surface area contributed by atoms with Gasteiger partial charge in [0.1, 0.15) is 12.5 Å². The number of rotatable bonds is 14. The standard InChI is InChI=1S/C14H28O2.C4H11NO2/c1-2-3-4-5-6-7-8-9-10-11-12-13-14(15)16;1-3(6)5-4(2)7/h2-13H2,1H3,(H,15,16);3-7H,1-2H3. The zero-order valence-electron chi connectivity index (χ0n) is 15.4. The van der Waals surface area contributed by atoms with Crippen LogP contribution in [0.1, 0.15) is 97.8 Å². The van der Waals surface area contributed by atoms with E-state index in [1.54, 1.807) is 13.8 Å². The lowest BCUT2D eigenvalue weighted by Gasteiger charge is -2.08. The van der Waals surface area contributed by atoms with Crippen LogP contribution in [0.25, 0.3) is 0 Å². The maximum Gasteiger partial charge on any atom is 0.303 e. The van der Waals surface area contributed by atoms with Gasteiger partial charge in [-0.15, -0.1) is 0 Å². The summed E-state index contributed by atoms with van der Waals surface area (Å²) in [5, 5.41) is 27.8. The van der Waals surface area contributed by atoms with Crippen LogP contribution in [0.2, 0.25) is 0 Å².